The minimum Gasteiger partial charge on any atom is -0.394 e. The molecule has 0 saturated carbocycles. The van der Waals surface area contributed by atoms with E-state index in [9.17, 15) is 19.5 Å². The lowest BCUT2D eigenvalue weighted by Crippen LogP contribution is -2.56. The first kappa shape index (κ1) is 24.7. The maximum atomic E-state index is 14.0. The van der Waals surface area contributed by atoms with Gasteiger partial charge in [0.15, 0.2) is 0 Å². The summed E-state index contributed by atoms with van der Waals surface area (Å²) in [5.41, 5.74) is -1.31. The molecule has 8 heteroatoms. The van der Waals surface area contributed by atoms with Crippen LogP contribution in [0.2, 0.25) is 0 Å². The summed E-state index contributed by atoms with van der Waals surface area (Å²) < 4.78 is 6.58. The lowest BCUT2D eigenvalue weighted by molar-refractivity contribution is -0.148. The van der Waals surface area contributed by atoms with Crippen LogP contribution >= 0.6 is 0 Å². The van der Waals surface area contributed by atoms with E-state index in [4.69, 9.17) is 4.74 Å². The molecule has 0 aliphatic carbocycles. The van der Waals surface area contributed by atoms with Crippen LogP contribution in [-0.4, -0.2) is 64.7 Å². The molecule has 3 N–H and O–H groups in total. The van der Waals surface area contributed by atoms with Gasteiger partial charge in [-0.1, -0.05) is 44.2 Å². The Labute approximate surface area is 211 Å². The second kappa shape index (κ2) is 8.85. The topological polar surface area (TPSA) is 108 Å². The zero-order valence-corrected chi connectivity index (χ0v) is 21.3. The highest BCUT2D eigenvalue weighted by Crippen LogP contribution is 2.63. The zero-order chi connectivity index (χ0) is 25.8. The maximum absolute atomic E-state index is 14.0. The van der Waals surface area contributed by atoms with Gasteiger partial charge in [-0.2, -0.15) is 0 Å². The van der Waals surface area contributed by atoms with Gasteiger partial charge in [0.2, 0.25) is 17.7 Å². The lowest BCUT2D eigenvalue weighted by atomic mass is 9.66. The molecule has 3 amide bonds. The van der Waals surface area contributed by atoms with Crippen molar-refractivity contribution in [1.29, 1.82) is 0 Å². The van der Waals surface area contributed by atoms with Gasteiger partial charge in [0.1, 0.15) is 11.6 Å². The Morgan fingerprint density at radius 3 is 2.53 bits per heavy atom. The number of aliphatic hydroxyl groups excluding tert-OH is 1. The van der Waals surface area contributed by atoms with Gasteiger partial charge in [0, 0.05) is 12.7 Å². The van der Waals surface area contributed by atoms with E-state index in [0.717, 1.165) is 10.8 Å². The van der Waals surface area contributed by atoms with E-state index in [0.29, 0.717) is 24.9 Å². The first-order valence-corrected chi connectivity index (χ1v) is 12.8. The quantitative estimate of drug-likeness (QED) is 0.550. The average Bonchev–Trinajstić information content (AvgIpc) is 3.42. The van der Waals surface area contributed by atoms with Gasteiger partial charge in [-0.05, 0) is 55.0 Å². The molecule has 0 radical (unpaired) electrons. The molecule has 0 aromatic heterocycles. The fraction of sp³-hybridized carbons (Fsp3) is 0.536. The van der Waals surface area contributed by atoms with Crippen LogP contribution in [0.1, 0.15) is 40.0 Å². The fourth-order valence-corrected chi connectivity index (χ4v) is 6.91. The highest BCUT2D eigenvalue weighted by molar-refractivity contribution is 6.04. The van der Waals surface area contributed by atoms with Gasteiger partial charge in [-0.15, -0.1) is 0 Å². The number of hydrogen-bond donors (Lipinski definition) is 3. The summed E-state index contributed by atoms with van der Waals surface area (Å²) in [5.74, 6) is -2.16. The molecule has 3 fully saturated rings. The number of aliphatic hydroxyl groups is 1. The number of anilines is 1. The van der Waals surface area contributed by atoms with Crippen LogP contribution < -0.4 is 10.6 Å². The van der Waals surface area contributed by atoms with Gasteiger partial charge in [-0.3, -0.25) is 14.4 Å². The molecule has 5 rings (SSSR count). The van der Waals surface area contributed by atoms with Crippen LogP contribution in [0.4, 0.5) is 5.69 Å². The van der Waals surface area contributed by atoms with Crippen molar-refractivity contribution >= 4 is 34.2 Å². The number of nitrogens with zero attached hydrogens (tertiary/aromatic N) is 1. The van der Waals surface area contributed by atoms with Crippen molar-refractivity contribution in [3.05, 3.63) is 42.5 Å². The van der Waals surface area contributed by atoms with Crippen LogP contribution in [-0.2, 0) is 19.1 Å². The second-order valence-corrected chi connectivity index (χ2v) is 11.1. The van der Waals surface area contributed by atoms with Crippen molar-refractivity contribution in [2.24, 2.45) is 17.8 Å². The summed E-state index contributed by atoms with van der Waals surface area (Å²) in [6, 6.07) is 12.1. The van der Waals surface area contributed by atoms with Crippen LogP contribution in [0.3, 0.4) is 0 Å². The van der Waals surface area contributed by atoms with Crippen LogP contribution in [0.5, 0.6) is 0 Å². The average molecular weight is 494 g/mol. The standard InChI is InChI=1S/C28H35N3O5/c1-16(2)13-20(15-32)31-23(25(34)30-19-10-9-17-7-5-6-8-18(17)14-19)28-12-11-27(3,36-28)21(24(33)29-4)22(28)26(31)35/h5-10,14,16,20-23,32H,11-13,15H2,1-4H3,(H,29,33)(H,30,34)/t20-,21-,22+,23?,27+,28?/m1/s1. The highest BCUT2D eigenvalue weighted by Gasteiger charge is 2.78. The molecule has 3 aliphatic rings. The second-order valence-electron chi connectivity index (χ2n) is 11.1. The van der Waals surface area contributed by atoms with Crippen LogP contribution in [0.25, 0.3) is 10.8 Å². The molecule has 2 bridgehead atoms. The number of amides is 3. The predicted octanol–water partition coefficient (Wildman–Crippen LogP) is 2.70. The third-order valence-corrected chi connectivity index (χ3v) is 8.36. The van der Waals surface area contributed by atoms with Crippen molar-refractivity contribution in [2.45, 2.75) is 63.3 Å². The molecular weight excluding hydrogens is 458 g/mol. The summed E-state index contributed by atoms with van der Waals surface area (Å²) in [6.07, 6.45) is 1.61. The van der Waals surface area contributed by atoms with E-state index in [1.54, 1.807) is 7.05 Å². The molecule has 3 saturated heterocycles. The molecule has 3 heterocycles. The monoisotopic (exact) mass is 493 g/mol. The number of fused-ring (bicyclic) bond motifs is 2. The Hall–Kier alpha value is -2.97. The van der Waals surface area contributed by atoms with E-state index in [1.807, 2.05) is 63.2 Å². The summed E-state index contributed by atoms with van der Waals surface area (Å²) >= 11 is 0. The zero-order valence-electron chi connectivity index (χ0n) is 21.3. The molecular formula is C28H35N3O5. The van der Waals surface area contributed by atoms with Gasteiger partial charge in [-0.25, -0.2) is 0 Å². The SMILES string of the molecule is CNC(=O)[C@H]1[C@H]2C(=O)N([C@@H](CO)CC(C)C)C(C(=O)Nc3ccc4ccccc4c3)C23CC[C@]1(C)O3. The first-order chi connectivity index (χ1) is 17.1. The number of benzene rings is 2. The number of carbonyl (C=O) groups excluding carboxylic acids is 3. The minimum absolute atomic E-state index is 0.196. The normalized spacial score (nSPS) is 31.7. The Morgan fingerprint density at radius 2 is 1.86 bits per heavy atom. The number of likely N-dealkylation sites (tertiary alicyclic amines) is 1. The van der Waals surface area contributed by atoms with E-state index >= 15 is 0 Å². The van der Waals surface area contributed by atoms with Gasteiger partial charge in [0.25, 0.3) is 0 Å². The van der Waals surface area contributed by atoms with Crippen molar-refractivity contribution < 1.29 is 24.2 Å². The third kappa shape index (κ3) is 3.61. The van der Waals surface area contributed by atoms with E-state index in [-0.39, 0.29) is 30.2 Å². The Balaban J connectivity index is 1.56. The molecule has 1 spiro atoms. The van der Waals surface area contributed by atoms with E-state index in [1.165, 1.54) is 4.90 Å². The minimum atomic E-state index is -1.12. The molecule has 192 valence electrons. The smallest absolute Gasteiger partial charge is 0.250 e. The molecule has 2 aromatic carbocycles. The summed E-state index contributed by atoms with van der Waals surface area (Å²) in [5, 5.41) is 18.1. The lowest BCUT2D eigenvalue weighted by Gasteiger charge is -2.37. The first-order valence-electron chi connectivity index (χ1n) is 12.8. The van der Waals surface area contributed by atoms with Crippen molar-refractivity contribution in [3.8, 4) is 0 Å². The number of nitrogens with one attached hydrogen (secondary N) is 2. The Morgan fingerprint density at radius 1 is 1.14 bits per heavy atom. The van der Waals surface area contributed by atoms with Crippen molar-refractivity contribution in [3.63, 3.8) is 0 Å². The number of carbonyl (C=O) groups is 3. The van der Waals surface area contributed by atoms with Gasteiger partial charge < -0.3 is 25.4 Å². The number of hydrogen-bond acceptors (Lipinski definition) is 5. The maximum Gasteiger partial charge on any atom is 0.250 e. The van der Waals surface area contributed by atoms with Crippen LogP contribution in [0, 0.1) is 17.8 Å². The molecule has 8 nitrogen and oxygen atoms in total. The van der Waals surface area contributed by atoms with Crippen LogP contribution in [0.15, 0.2) is 42.5 Å². The summed E-state index contributed by atoms with van der Waals surface area (Å²) in [4.78, 5) is 42.6. The third-order valence-electron chi connectivity index (χ3n) is 8.36. The molecule has 2 aromatic rings. The van der Waals surface area contributed by atoms with Crippen molar-refractivity contribution in [1.82, 2.24) is 10.2 Å². The molecule has 36 heavy (non-hydrogen) atoms. The molecule has 6 atom stereocenters. The number of rotatable bonds is 7. The van der Waals surface area contributed by atoms with Gasteiger partial charge in [0.05, 0.1) is 30.1 Å². The highest BCUT2D eigenvalue weighted by atomic mass is 16.5. The number of ether oxygens (including phenoxy) is 1. The Bertz CT molecular complexity index is 1210. The Kier molecular flexibility index (Phi) is 6.08. The summed E-state index contributed by atoms with van der Waals surface area (Å²) in [6.45, 7) is 5.63. The van der Waals surface area contributed by atoms with Crippen molar-refractivity contribution in [2.75, 3.05) is 19.0 Å². The van der Waals surface area contributed by atoms with Gasteiger partial charge >= 0.3 is 0 Å². The predicted molar refractivity (Wildman–Crippen MR) is 136 cm³/mol. The molecule has 2 unspecified atom stereocenters. The van der Waals surface area contributed by atoms with E-state index < -0.39 is 35.1 Å². The summed E-state index contributed by atoms with van der Waals surface area (Å²) in [7, 11) is 1.56. The largest absolute Gasteiger partial charge is 0.394 e. The molecule has 3 aliphatic heterocycles. The van der Waals surface area contributed by atoms with E-state index in [2.05, 4.69) is 10.6 Å². The fourth-order valence-electron chi connectivity index (χ4n) is 6.91.